The smallest absolute Gasteiger partial charge is 0.246 e. The number of nitrogens with one attached hydrogen (secondary N) is 1. The predicted molar refractivity (Wildman–Crippen MR) is 62.0 cm³/mol. The van der Waals surface area contributed by atoms with Crippen LogP contribution in [0.2, 0.25) is 0 Å². The summed E-state index contributed by atoms with van der Waals surface area (Å²) in [5.41, 5.74) is 6.75. The van der Waals surface area contributed by atoms with Gasteiger partial charge in [-0.25, -0.2) is 0 Å². The van der Waals surface area contributed by atoms with Gasteiger partial charge in [-0.05, 0) is 12.5 Å². The van der Waals surface area contributed by atoms with Gasteiger partial charge in [0.15, 0.2) is 0 Å². The summed E-state index contributed by atoms with van der Waals surface area (Å²) in [6.07, 6.45) is 0. The van der Waals surface area contributed by atoms with E-state index in [1.807, 2.05) is 18.2 Å². The van der Waals surface area contributed by atoms with Crippen LogP contribution in [0.4, 0.5) is 0 Å². The number of carbonyl (C=O) groups excluding carboxylic acids is 2. The maximum Gasteiger partial charge on any atom is 0.246 e. The van der Waals surface area contributed by atoms with Gasteiger partial charge in [-0.1, -0.05) is 30.3 Å². The molecule has 2 amide bonds. The minimum absolute atomic E-state index is 0.237. The number of hydrogen-bond donors (Lipinski definition) is 2. The number of primary amides is 1. The molecule has 0 atom stereocenters. The number of amides is 2. The summed E-state index contributed by atoms with van der Waals surface area (Å²) in [5.74, 6) is -0.785. The first-order chi connectivity index (χ1) is 7.52. The Bertz CT molecular complexity index is 436. The van der Waals surface area contributed by atoms with E-state index in [1.165, 1.54) is 6.92 Å². The van der Waals surface area contributed by atoms with Crippen LogP contribution < -0.4 is 11.1 Å². The molecule has 0 unspecified atom stereocenters. The molecule has 16 heavy (non-hydrogen) atoms. The lowest BCUT2D eigenvalue weighted by molar-refractivity contribution is -0.117. The van der Waals surface area contributed by atoms with E-state index in [4.69, 9.17) is 5.73 Å². The summed E-state index contributed by atoms with van der Waals surface area (Å²) >= 11 is 0. The minimum Gasteiger partial charge on any atom is -0.366 e. The van der Waals surface area contributed by atoms with E-state index in [0.29, 0.717) is 11.3 Å². The quantitative estimate of drug-likeness (QED) is 0.744. The first-order valence-electron chi connectivity index (χ1n) is 4.86. The van der Waals surface area contributed by atoms with Gasteiger partial charge in [0.1, 0.15) is 0 Å². The maximum atomic E-state index is 11.1. The third kappa shape index (κ3) is 2.95. The van der Waals surface area contributed by atoms with Gasteiger partial charge < -0.3 is 11.1 Å². The fourth-order valence-corrected chi connectivity index (χ4v) is 1.29. The van der Waals surface area contributed by atoms with Gasteiger partial charge in [0.2, 0.25) is 11.8 Å². The van der Waals surface area contributed by atoms with E-state index in [2.05, 4.69) is 5.32 Å². The largest absolute Gasteiger partial charge is 0.366 e. The molecule has 1 aromatic rings. The predicted octanol–water partition coefficient (Wildman–Crippen LogP) is 1.04. The van der Waals surface area contributed by atoms with Crippen molar-refractivity contribution in [3.63, 3.8) is 0 Å². The van der Waals surface area contributed by atoms with E-state index in [1.54, 1.807) is 19.1 Å². The lowest BCUT2D eigenvalue weighted by atomic mass is 10.1. The van der Waals surface area contributed by atoms with Gasteiger partial charge in [0.25, 0.3) is 0 Å². The number of benzene rings is 1. The SMILES string of the molecule is CC(=O)NC(=C(C)C(N)=O)c1ccccc1. The van der Waals surface area contributed by atoms with Crippen molar-refractivity contribution in [1.29, 1.82) is 0 Å². The second-order valence-corrected chi connectivity index (χ2v) is 3.41. The Morgan fingerprint density at radius 3 is 2.12 bits per heavy atom. The fourth-order valence-electron chi connectivity index (χ4n) is 1.29. The molecule has 0 radical (unpaired) electrons. The minimum atomic E-state index is -0.549. The summed E-state index contributed by atoms with van der Waals surface area (Å²) < 4.78 is 0. The molecule has 1 aromatic carbocycles. The van der Waals surface area contributed by atoms with Gasteiger partial charge in [-0.3, -0.25) is 9.59 Å². The molecule has 0 aliphatic heterocycles. The Kier molecular flexibility index (Phi) is 3.83. The van der Waals surface area contributed by atoms with Crippen LogP contribution in [0.5, 0.6) is 0 Å². The summed E-state index contributed by atoms with van der Waals surface area (Å²) in [4.78, 5) is 22.2. The van der Waals surface area contributed by atoms with Crippen LogP contribution in [0.25, 0.3) is 5.70 Å². The molecule has 0 saturated carbocycles. The molecule has 3 N–H and O–H groups in total. The van der Waals surface area contributed by atoms with Crippen LogP contribution in [-0.4, -0.2) is 11.8 Å². The van der Waals surface area contributed by atoms with Crippen molar-refractivity contribution in [2.45, 2.75) is 13.8 Å². The van der Waals surface area contributed by atoms with Gasteiger partial charge in [-0.2, -0.15) is 0 Å². The molecular formula is C12H14N2O2. The van der Waals surface area contributed by atoms with Crippen LogP contribution >= 0.6 is 0 Å². The number of rotatable bonds is 3. The second-order valence-electron chi connectivity index (χ2n) is 3.41. The molecule has 0 aliphatic rings. The van der Waals surface area contributed by atoms with Crippen molar-refractivity contribution >= 4 is 17.5 Å². The van der Waals surface area contributed by atoms with Crippen molar-refractivity contribution in [2.24, 2.45) is 5.73 Å². The van der Waals surface area contributed by atoms with E-state index in [-0.39, 0.29) is 5.91 Å². The van der Waals surface area contributed by atoms with Gasteiger partial charge in [0.05, 0.1) is 5.70 Å². The molecule has 0 fully saturated rings. The second kappa shape index (κ2) is 5.11. The Hall–Kier alpha value is -2.10. The van der Waals surface area contributed by atoms with E-state index in [9.17, 15) is 9.59 Å². The summed E-state index contributed by atoms with van der Waals surface area (Å²) in [5, 5.41) is 2.62. The summed E-state index contributed by atoms with van der Waals surface area (Å²) in [7, 11) is 0. The Morgan fingerprint density at radius 1 is 1.12 bits per heavy atom. The molecular weight excluding hydrogens is 204 g/mol. The molecule has 1 rings (SSSR count). The van der Waals surface area contributed by atoms with Crippen LogP contribution in [0.1, 0.15) is 19.4 Å². The highest BCUT2D eigenvalue weighted by molar-refractivity contribution is 6.01. The molecule has 4 heteroatoms. The molecule has 0 saturated heterocycles. The van der Waals surface area contributed by atoms with Crippen LogP contribution in [0.3, 0.4) is 0 Å². The highest BCUT2D eigenvalue weighted by Gasteiger charge is 2.10. The van der Waals surface area contributed by atoms with E-state index >= 15 is 0 Å². The topological polar surface area (TPSA) is 72.2 Å². The first kappa shape index (κ1) is 12.0. The number of hydrogen-bond acceptors (Lipinski definition) is 2. The number of nitrogens with two attached hydrogens (primary N) is 1. The fraction of sp³-hybridized carbons (Fsp3) is 0.167. The zero-order valence-electron chi connectivity index (χ0n) is 9.28. The van der Waals surface area contributed by atoms with Crippen LogP contribution in [0.15, 0.2) is 35.9 Å². The average molecular weight is 218 g/mol. The van der Waals surface area contributed by atoms with Crippen molar-refractivity contribution < 1.29 is 9.59 Å². The van der Waals surface area contributed by atoms with Gasteiger partial charge in [-0.15, -0.1) is 0 Å². The summed E-state index contributed by atoms with van der Waals surface area (Å²) in [6, 6.07) is 9.11. The molecule has 0 spiro atoms. The monoisotopic (exact) mass is 218 g/mol. The Morgan fingerprint density at radius 2 is 1.69 bits per heavy atom. The first-order valence-corrected chi connectivity index (χ1v) is 4.86. The van der Waals surface area contributed by atoms with Crippen molar-refractivity contribution in [2.75, 3.05) is 0 Å². The van der Waals surface area contributed by atoms with E-state index < -0.39 is 5.91 Å². The van der Waals surface area contributed by atoms with E-state index in [0.717, 1.165) is 5.56 Å². The number of carbonyl (C=O) groups is 2. The zero-order chi connectivity index (χ0) is 12.1. The molecule has 0 aliphatic carbocycles. The van der Waals surface area contributed by atoms with Crippen molar-refractivity contribution in [3.8, 4) is 0 Å². The van der Waals surface area contributed by atoms with Gasteiger partial charge >= 0.3 is 0 Å². The molecule has 0 aromatic heterocycles. The van der Waals surface area contributed by atoms with Crippen molar-refractivity contribution in [1.82, 2.24) is 5.32 Å². The summed E-state index contributed by atoms with van der Waals surface area (Å²) in [6.45, 7) is 2.97. The lowest BCUT2D eigenvalue weighted by Crippen LogP contribution is -2.23. The zero-order valence-corrected chi connectivity index (χ0v) is 9.28. The standard InChI is InChI=1S/C12H14N2O2/c1-8(12(13)16)11(14-9(2)15)10-6-4-3-5-7-10/h3-7H,1-2H3,(H2,13,16)(H,14,15). The normalized spacial score (nSPS) is 11.6. The van der Waals surface area contributed by atoms with Crippen LogP contribution in [-0.2, 0) is 9.59 Å². The highest BCUT2D eigenvalue weighted by atomic mass is 16.2. The Balaban J connectivity index is 3.21. The van der Waals surface area contributed by atoms with Gasteiger partial charge in [0, 0.05) is 12.5 Å². The molecule has 0 heterocycles. The average Bonchev–Trinajstić information content (AvgIpc) is 2.26. The molecule has 4 nitrogen and oxygen atoms in total. The van der Waals surface area contributed by atoms with Crippen LogP contribution in [0, 0.1) is 0 Å². The third-order valence-corrected chi connectivity index (χ3v) is 2.11. The molecule has 0 bridgehead atoms. The molecule has 84 valence electrons. The lowest BCUT2D eigenvalue weighted by Gasteiger charge is -2.11. The Labute approximate surface area is 94.1 Å². The van der Waals surface area contributed by atoms with Crippen molar-refractivity contribution in [3.05, 3.63) is 41.5 Å². The highest BCUT2D eigenvalue weighted by Crippen LogP contribution is 2.15. The maximum absolute atomic E-state index is 11.1. The third-order valence-electron chi connectivity index (χ3n) is 2.11.